The second-order valence-corrected chi connectivity index (χ2v) is 3.60. The summed E-state index contributed by atoms with van der Waals surface area (Å²) in [7, 11) is 0. The zero-order valence-electron chi connectivity index (χ0n) is 9.14. The van der Waals surface area contributed by atoms with Crippen molar-refractivity contribution in [2.75, 3.05) is 0 Å². The highest BCUT2D eigenvalue weighted by molar-refractivity contribution is 5.82. The predicted octanol–water partition coefficient (Wildman–Crippen LogP) is 0.825. The second kappa shape index (κ2) is 4.06. The molecule has 0 saturated carbocycles. The van der Waals surface area contributed by atoms with Crippen molar-refractivity contribution >= 4 is 23.3 Å². The van der Waals surface area contributed by atoms with Crippen molar-refractivity contribution in [1.29, 1.82) is 0 Å². The molecule has 0 bridgehead atoms. The van der Waals surface area contributed by atoms with Gasteiger partial charge in [-0.25, -0.2) is 24.3 Å². The van der Waals surface area contributed by atoms with Gasteiger partial charge in [0.1, 0.15) is 12.7 Å². The molecule has 0 fully saturated rings. The summed E-state index contributed by atoms with van der Waals surface area (Å²) in [5.41, 5.74) is 6.11. The highest BCUT2D eigenvalue weighted by Crippen LogP contribution is 2.28. The molecule has 1 aliphatic rings. The zero-order chi connectivity index (χ0) is 12.5. The van der Waals surface area contributed by atoms with Crippen LogP contribution in [-0.4, -0.2) is 32.0 Å². The molecule has 0 saturated heterocycles. The Morgan fingerprint density at radius 3 is 3.06 bits per heavy atom. The van der Waals surface area contributed by atoms with Gasteiger partial charge in [0.15, 0.2) is 23.2 Å². The lowest BCUT2D eigenvalue weighted by Crippen LogP contribution is -2.16. The molecule has 0 spiro atoms. The van der Waals surface area contributed by atoms with Gasteiger partial charge in [0.05, 0.1) is 12.6 Å². The number of aliphatic imine (C=N–C) groups is 1. The minimum absolute atomic E-state index is 0.336. The van der Waals surface area contributed by atoms with Gasteiger partial charge in [-0.3, -0.25) is 4.57 Å². The maximum absolute atomic E-state index is 13.6. The van der Waals surface area contributed by atoms with Crippen LogP contribution in [0.25, 0.3) is 11.2 Å². The van der Waals surface area contributed by atoms with Crippen LogP contribution in [0.2, 0.25) is 0 Å². The molecule has 2 N–H and O–H groups in total. The number of nitrogens with two attached hydrogens (primary N) is 1. The van der Waals surface area contributed by atoms with E-state index in [-0.39, 0.29) is 0 Å². The van der Waals surface area contributed by atoms with Crippen molar-refractivity contribution in [2.45, 2.75) is 12.4 Å². The maximum atomic E-state index is 13.6. The molecule has 7 nitrogen and oxygen atoms in total. The first kappa shape index (κ1) is 10.6. The van der Waals surface area contributed by atoms with Crippen molar-refractivity contribution in [3.8, 4) is 0 Å². The molecule has 8 heteroatoms. The van der Waals surface area contributed by atoms with Gasteiger partial charge in [0, 0.05) is 0 Å². The standard InChI is InChI=1S/C10H9FN6O/c11-6-1-2-18-10(6)17-5-16-7-8(13-3-12)14-4-15-9(7)17/h1-6,10H,(H2,12,13,14,15)/t6-,10+/m0/s1. The van der Waals surface area contributed by atoms with Crippen LogP contribution in [0, 0.1) is 0 Å². The van der Waals surface area contributed by atoms with Crippen LogP contribution in [0.1, 0.15) is 6.23 Å². The SMILES string of the molecule is N/C=N/c1ncnc2c1ncn2[C@@H]1OC=C[C@@H]1F. The molecule has 0 amide bonds. The monoisotopic (exact) mass is 248 g/mol. The molecule has 1 aliphatic heterocycles. The number of rotatable bonds is 2. The van der Waals surface area contributed by atoms with Crippen LogP contribution in [0.4, 0.5) is 10.2 Å². The lowest BCUT2D eigenvalue weighted by Gasteiger charge is -2.14. The normalized spacial score (nSPS) is 22.9. The van der Waals surface area contributed by atoms with E-state index in [1.54, 1.807) is 0 Å². The Morgan fingerprint density at radius 1 is 1.44 bits per heavy atom. The largest absolute Gasteiger partial charge is 0.474 e. The summed E-state index contributed by atoms with van der Waals surface area (Å²) in [5, 5.41) is 0. The molecule has 2 atom stereocenters. The number of halogens is 1. The molecule has 2 aromatic heterocycles. The summed E-state index contributed by atoms with van der Waals surface area (Å²) >= 11 is 0. The molecule has 0 aromatic carbocycles. The van der Waals surface area contributed by atoms with E-state index >= 15 is 0 Å². The molecule has 0 aliphatic carbocycles. The summed E-state index contributed by atoms with van der Waals surface area (Å²) in [6.07, 6.45) is 4.50. The molecule has 0 unspecified atom stereocenters. The fourth-order valence-electron chi connectivity index (χ4n) is 1.78. The van der Waals surface area contributed by atoms with Gasteiger partial charge in [-0.1, -0.05) is 0 Å². The third-order valence-corrected chi connectivity index (χ3v) is 2.56. The Labute approximate surface area is 101 Å². The number of imidazole rings is 1. The first-order valence-corrected chi connectivity index (χ1v) is 5.19. The summed E-state index contributed by atoms with van der Waals surface area (Å²) in [5.74, 6) is 0.336. The summed E-state index contributed by atoms with van der Waals surface area (Å²) in [6, 6.07) is 0. The average Bonchev–Trinajstić information content (AvgIpc) is 2.96. The van der Waals surface area contributed by atoms with Crippen LogP contribution in [0.3, 0.4) is 0 Å². The number of aromatic nitrogens is 4. The molecule has 0 radical (unpaired) electrons. The van der Waals surface area contributed by atoms with E-state index in [0.717, 1.165) is 6.34 Å². The molecule has 18 heavy (non-hydrogen) atoms. The van der Waals surface area contributed by atoms with Gasteiger partial charge in [-0.15, -0.1) is 0 Å². The van der Waals surface area contributed by atoms with Crippen LogP contribution in [-0.2, 0) is 4.74 Å². The van der Waals surface area contributed by atoms with Crippen LogP contribution in [0.15, 0.2) is 30.0 Å². The Balaban J connectivity index is 2.12. The van der Waals surface area contributed by atoms with E-state index in [9.17, 15) is 4.39 Å². The highest BCUT2D eigenvalue weighted by Gasteiger charge is 2.28. The van der Waals surface area contributed by atoms with Crippen molar-refractivity contribution in [2.24, 2.45) is 10.7 Å². The van der Waals surface area contributed by atoms with Gasteiger partial charge in [-0.05, 0) is 6.08 Å². The van der Waals surface area contributed by atoms with Crippen molar-refractivity contribution in [3.63, 3.8) is 0 Å². The number of ether oxygens (including phenoxy) is 1. The van der Waals surface area contributed by atoms with Crippen molar-refractivity contribution in [3.05, 3.63) is 25.0 Å². The smallest absolute Gasteiger partial charge is 0.212 e. The van der Waals surface area contributed by atoms with Gasteiger partial charge < -0.3 is 10.5 Å². The minimum Gasteiger partial charge on any atom is -0.474 e. The summed E-state index contributed by atoms with van der Waals surface area (Å²) in [4.78, 5) is 16.0. The van der Waals surface area contributed by atoms with Crippen LogP contribution in [0.5, 0.6) is 0 Å². The predicted molar refractivity (Wildman–Crippen MR) is 61.8 cm³/mol. The van der Waals surface area contributed by atoms with E-state index < -0.39 is 12.4 Å². The topological polar surface area (TPSA) is 91.2 Å². The summed E-state index contributed by atoms with van der Waals surface area (Å²) < 4.78 is 20.2. The zero-order valence-corrected chi connectivity index (χ0v) is 9.14. The quantitative estimate of drug-likeness (QED) is 0.627. The van der Waals surface area contributed by atoms with E-state index in [1.807, 2.05) is 0 Å². The molecule has 92 valence electrons. The van der Waals surface area contributed by atoms with Crippen molar-refractivity contribution < 1.29 is 9.13 Å². The lowest BCUT2D eigenvalue weighted by molar-refractivity contribution is 0.0541. The van der Waals surface area contributed by atoms with Gasteiger partial charge in [0.2, 0.25) is 6.23 Å². The molecular weight excluding hydrogens is 239 g/mol. The third-order valence-electron chi connectivity index (χ3n) is 2.56. The first-order valence-electron chi connectivity index (χ1n) is 5.19. The Morgan fingerprint density at radius 2 is 2.33 bits per heavy atom. The first-order chi connectivity index (χ1) is 8.81. The highest BCUT2D eigenvalue weighted by atomic mass is 19.1. The number of alkyl halides is 1. The van der Waals surface area contributed by atoms with Gasteiger partial charge in [-0.2, -0.15) is 0 Å². The molecule has 3 rings (SSSR count). The van der Waals surface area contributed by atoms with Gasteiger partial charge >= 0.3 is 0 Å². The number of nitrogens with zero attached hydrogens (tertiary/aromatic N) is 5. The number of fused-ring (bicyclic) bond motifs is 1. The number of hydrogen-bond acceptors (Lipinski definition) is 5. The van der Waals surface area contributed by atoms with E-state index in [4.69, 9.17) is 10.5 Å². The number of hydrogen-bond donors (Lipinski definition) is 1. The Hall–Kier alpha value is -2.51. The molecule has 3 heterocycles. The van der Waals surface area contributed by atoms with Crippen LogP contribution < -0.4 is 5.73 Å². The average molecular weight is 248 g/mol. The van der Waals surface area contributed by atoms with E-state index in [2.05, 4.69) is 19.9 Å². The van der Waals surface area contributed by atoms with E-state index in [1.165, 1.54) is 29.6 Å². The minimum atomic E-state index is -1.24. The van der Waals surface area contributed by atoms with Crippen LogP contribution >= 0.6 is 0 Å². The van der Waals surface area contributed by atoms with Gasteiger partial charge in [0.25, 0.3) is 0 Å². The lowest BCUT2D eigenvalue weighted by atomic mass is 10.3. The fraction of sp³-hybridized carbons (Fsp3) is 0.200. The third kappa shape index (κ3) is 1.50. The van der Waals surface area contributed by atoms with Crippen molar-refractivity contribution in [1.82, 2.24) is 19.5 Å². The molecular formula is C10H9FN6O. The maximum Gasteiger partial charge on any atom is 0.212 e. The Bertz CT molecular complexity index is 636. The Kier molecular flexibility index (Phi) is 2.40. The summed E-state index contributed by atoms with van der Waals surface area (Å²) in [6.45, 7) is 0. The molecule has 2 aromatic rings. The second-order valence-electron chi connectivity index (χ2n) is 3.60. The van der Waals surface area contributed by atoms with E-state index in [0.29, 0.717) is 17.0 Å². The fourth-order valence-corrected chi connectivity index (χ4v) is 1.78.